The summed E-state index contributed by atoms with van der Waals surface area (Å²) in [5.41, 5.74) is 8.52. The summed E-state index contributed by atoms with van der Waals surface area (Å²) in [5.74, 6) is 0.869. The highest BCUT2D eigenvalue weighted by molar-refractivity contribution is 5.69. The molecule has 4 rings (SSSR count). The second-order valence-electron chi connectivity index (χ2n) is 6.58. The van der Waals surface area contributed by atoms with E-state index < -0.39 is 0 Å². The van der Waals surface area contributed by atoms with Crippen molar-refractivity contribution in [3.8, 4) is 22.7 Å². The van der Waals surface area contributed by atoms with Crippen molar-refractivity contribution in [2.24, 2.45) is 0 Å². The molecule has 2 aromatic carbocycles. The summed E-state index contributed by atoms with van der Waals surface area (Å²) >= 11 is 0. The summed E-state index contributed by atoms with van der Waals surface area (Å²) in [6.07, 6.45) is 0.969. The first-order chi connectivity index (χ1) is 12.2. The molecule has 0 saturated heterocycles. The van der Waals surface area contributed by atoms with Crippen LogP contribution < -0.4 is 10.1 Å². The van der Waals surface area contributed by atoms with Gasteiger partial charge < -0.3 is 10.1 Å². The highest BCUT2D eigenvalue weighted by Crippen LogP contribution is 2.33. The molecule has 0 saturated carbocycles. The Morgan fingerprint density at radius 2 is 1.76 bits per heavy atom. The van der Waals surface area contributed by atoms with E-state index in [0.717, 1.165) is 25.3 Å². The van der Waals surface area contributed by atoms with Gasteiger partial charge in [-0.2, -0.15) is 5.10 Å². The molecule has 3 aromatic rings. The normalized spacial score (nSPS) is 13.6. The van der Waals surface area contributed by atoms with Crippen LogP contribution in [0, 0.1) is 13.8 Å². The quantitative estimate of drug-likeness (QED) is 0.792. The molecule has 0 spiro atoms. The SMILES string of the molecule is COc1ccc(-c2c3c(nn2-c2c(C)cccc2C)CCNC3)cc1. The molecule has 2 heterocycles. The van der Waals surface area contributed by atoms with Crippen LogP contribution in [-0.2, 0) is 13.0 Å². The molecular formula is C21H23N3O. The fourth-order valence-corrected chi connectivity index (χ4v) is 3.65. The number of hydrogen-bond donors (Lipinski definition) is 1. The van der Waals surface area contributed by atoms with Crippen LogP contribution in [0.4, 0.5) is 0 Å². The number of aromatic nitrogens is 2. The van der Waals surface area contributed by atoms with Gasteiger partial charge >= 0.3 is 0 Å². The third kappa shape index (κ3) is 2.72. The van der Waals surface area contributed by atoms with E-state index in [-0.39, 0.29) is 0 Å². The Balaban J connectivity index is 1.96. The van der Waals surface area contributed by atoms with Gasteiger partial charge in [0.05, 0.1) is 24.2 Å². The summed E-state index contributed by atoms with van der Waals surface area (Å²) in [6.45, 7) is 6.15. The van der Waals surface area contributed by atoms with Gasteiger partial charge in [-0.15, -0.1) is 0 Å². The van der Waals surface area contributed by atoms with Gasteiger partial charge in [-0.1, -0.05) is 18.2 Å². The number of methoxy groups -OCH3 is 1. The first-order valence-corrected chi connectivity index (χ1v) is 8.71. The van der Waals surface area contributed by atoms with E-state index in [0.29, 0.717) is 0 Å². The van der Waals surface area contributed by atoms with Crippen LogP contribution in [0.25, 0.3) is 16.9 Å². The van der Waals surface area contributed by atoms with Crippen LogP contribution in [0.5, 0.6) is 5.75 Å². The Morgan fingerprint density at radius 1 is 1.04 bits per heavy atom. The highest BCUT2D eigenvalue weighted by Gasteiger charge is 2.23. The van der Waals surface area contributed by atoms with E-state index >= 15 is 0 Å². The minimum Gasteiger partial charge on any atom is -0.497 e. The van der Waals surface area contributed by atoms with Crippen LogP contribution in [0.3, 0.4) is 0 Å². The van der Waals surface area contributed by atoms with E-state index in [4.69, 9.17) is 9.84 Å². The van der Waals surface area contributed by atoms with E-state index in [9.17, 15) is 0 Å². The lowest BCUT2D eigenvalue weighted by Gasteiger charge is -2.16. The van der Waals surface area contributed by atoms with Gasteiger partial charge in [0.15, 0.2) is 0 Å². The Hall–Kier alpha value is -2.59. The monoisotopic (exact) mass is 333 g/mol. The summed E-state index contributed by atoms with van der Waals surface area (Å²) in [5, 5.41) is 8.50. The number of nitrogens with zero attached hydrogens (tertiary/aromatic N) is 2. The van der Waals surface area contributed by atoms with Crippen molar-refractivity contribution < 1.29 is 4.74 Å². The summed E-state index contributed by atoms with van der Waals surface area (Å²) < 4.78 is 7.46. The van der Waals surface area contributed by atoms with Gasteiger partial charge in [-0.25, -0.2) is 4.68 Å². The van der Waals surface area contributed by atoms with Gasteiger partial charge in [-0.05, 0) is 49.2 Å². The Morgan fingerprint density at radius 3 is 2.44 bits per heavy atom. The zero-order valence-electron chi connectivity index (χ0n) is 15.0. The van der Waals surface area contributed by atoms with E-state index in [1.807, 2.05) is 12.1 Å². The number of aryl methyl sites for hydroxylation is 2. The maximum absolute atomic E-state index is 5.32. The van der Waals surface area contributed by atoms with Crippen molar-refractivity contribution in [3.05, 3.63) is 64.8 Å². The number of ether oxygens (including phenoxy) is 1. The number of fused-ring (bicyclic) bond motifs is 1. The topological polar surface area (TPSA) is 39.1 Å². The largest absolute Gasteiger partial charge is 0.497 e. The minimum atomic E-state index is 0.863. The highest BCUT2D eigenvalue weighted by atomic mass is 16.5. The maximum atomic E-state index is 5.32. The first kappa shape index (κ1) is 15.9. The van der Waals surface area contributed by atoms with Gasteiger partial charge in [0.1, 0.15) is 5.75 Å². The Kier molecular flexibility index (Phi) is 4.06. The van der Waals surface area contributed by atoms with Crippen LogP contribution >= 0.6 is 0 Å². The summed E-state index contributed by atoms with van der Waals surface area (Å²) in [6, 6.07) is 14.7. The number of para-hydroxylation sites is 1. The van der Waals surface area contributed by atoms with Crippen LogP contribution in [-0.4, -0.2) is 23.4 Å². The van der Waals surface area contributed by atoms with Crippen LogP contribution in [0.1, 0.15) is 22.4 Å². The van der Waals surface area contributed by atoms with Crippen LogP contribution in [0.2, 0.25) is 0 Å². The van der Waals surface area contributed by atoms with E-state index in [1.165, 1.54) is 39.3 Å². The Bertz CT molecular complexity index is 889. The molecule has 4 nitrogen and oxygen atoms in total. The van der Waals surface area contributed by atoms with Crippen LogP contribution in [0.15, 0.2) is 42.5 Å². The average Bonchev–Trinajstić information content (AvgIpc) is 3.00. The number of benzene rings is 2. The van der Waals surface area contributed by atoms with Crippen molar-refractivity contribution in [2.45, 2.75) is 26.8 Å². The maximum Gasteiger partial charge on any atom is 0.118 e. The lowest BCUT2D eigenvalue weighted by atomic mass is 10.0. The number of nitrogens with one attached hydrogen (secondary N) is 1. The molecule has 0 fully saturated rings. The molecular weight excluding hydrogens is 310 g/mol. The van der Waals surface area contributed by atoms with Crippen molar-refractivity contribution >= 4 is 0 Å². The smallest absolute Gasteiger partial charge is 0.118 e. The molecule has 0 bridgehead atoms. The third-order valence-electron chi connectivity index (χ3n) is 4.92. The summed E-state index contributed by atoms with van der Waals surface area (Å²) in [7, 11) is 1.70. The zero-order valence-corrected chi connectivity index (χ0v) is 15.0. The standard InChI is InChI=1S/C21H23N3O/c1-14-5-4-6-15(2)20(14)24-21(16-7-9-17(25-3)10-8-16)18-13-22-12-11-19(18)23-24/h4-10,22H,11-13H2,1-3H3. The van der Waals surface area contributed by atoms with Gasteiger partial charge in [0.2, 0.25) is 0 Å². The molecule has 1 aliphatic rings. The van der Waals surface area contributed by atoms with Crippen molar-refractivity contribution in [3.63, 3.8) is 0 Å². The van der Waals surface area contributed by atoms with Crippen molar-refractivity contribution in [2.75, 3.05) is 13.7 Å². The van der Waals surface area contributed by atoms with E-state index in [2.05, 4.69) is 54.2 Å². The second kappa shape index (κ2) is 6.37. The Labute approximate surface area is 148 Å². The molecule has 1 aromatic heterocycles. The van der Waals surface area contributed by atoms with Crippen molar-refractivity contribution in [1.82, 2.24) is 15.1 Å². The lowest BCUT2D eigenvalue weighted by molar-refractivity contribution is 0.415. The van der Waals surface area contributed by atoms with E-state index in [1.54, 1.807) is 7.11 Å². The molecule has 0 unspecified atom stereocenters. The minimum absolute atomic E-state index is 0.863. The first-order valence-electron chi connectivity index (χ1n) is 8.71. The molecule has 1 N–H and O–H groups in total. The third-order valence-corrected chi connectivity index (χ3v) is 4.92. The molecule has 1 aliphatic heterocycles. The second-order valence-corrected chi connectivity index (χ2v) is 6.58. The molecule has 0 aliphatic carbocycles. The molecule has 0 amide bonds. The van der Waals surface area contributed by atoms with Crippen molar-refractivity contribution in [1.29, 1.82) is 0 Å². The fraction of sp³-hybridized carbons (Fsp3) is 0.286. The molecule has 4 heteroatoms. The zero-order chi connectivity index (χ0) is 17.4. The fourth-order valence-electron chi connectivity index (χ4n) is 3.65. The lowest BCUT2D eigenvalue weighted by Crippen LogP contribution is -2.23. The number of rotatable bonds is 3. The van der Waals surface area contributed by atoms with Gasteiger partial charge in [0, 0.05) is 30.6 Å². The molecule has 0 atom stereocenters. The predicted molar refractivity (Wildman–Crippen MR) is 100 cm³/mol. The van der Waals surface area contributed by atoms with Gasteiger partial charge in [-0.3, -0.25) is 0 Å². The average molecular weight is 333 g/mol. The molecule has 25 heavy (non-hydrogen) atoms. The molecule has 128 valence electrons. The van der Waals surface area contributed by atoms with Gasteiger partial charge in [0.25, 0.3) is 0 Å². The predicted octanol–water partition coefficient (Wildman–Crippen LogP) is 3.81. The summed E-state index contributed by atoms with van der Waals surface area (Å²) in [4.78, 5) is 0. The number of hydrogen-bond acceptors (Lipinski definition) is 3. The molecule has 0 radical (unpaired) electrons.